The summed E-state index contributed by atoms with van der Waals surface area (Å²) < 4.78 is 0. The maximum atomic E-state index is 10.9. The third-order valence-corrected chi connectivity index (χ3v) is 2.15. The normalized spacial score (nSPS) is 14.7. The summed E-state index contributed by atoms with van der Waals surface area (Å²) in [5.41, 5.74) is 10.5. The molecule has 0 spiro atoms. The molecule has 1 rings (SSSR count). The highest BCUT2D eigenvalue weighted by Gasteiger charge is 2.32. The van der Waals surface area contributed by atoms with Crippen LogP contribution in [0.25, 0.3) is 0 Å². The van der Waals surface area contributed by atoms with E-state index in [1.807, 2.05) is 30.3 Å². The fourth-order valence-electron chi connectivity index (χ4n) is 1.20. The summed E-state index contributed by atoms with van der Waals surface area (Å²) in [6.45, 7) is -0.0722. The van der Waals surface area contributed by atoms with Gasteiger partial charge in [-0.2, -0.15) is 0 Å². The minimum absolute atomic E-state index is 0.0722. The first-order valence-electron chi connectivity index (χ1n) is 4.35. The second kappa shape index (κ2) is 4.21. The molecule has 76 valence electrons. The Bertz CT molecular complexity index is 313. The van der Waals surface area contributed by atoms with Crippen LogP contribution in [-0.2, 0) is 11.2 Å². The Balaban J connectivity index is 2.81. The first kappa shape index (κ1) is 10.7. The predicted octanol–water partition coefficient (Wildman–Crippen LogP) is -0.0301. The van der Waals surface area contributed by atoms with Crippen molar-refractivity contribution >= 4 is 5.97 Å². The molecule has 5 N–H and O–H groups in total. The van der Waals surface area contributed by atoms with E-state index in [0.717, 1.165) is 5.56 Å². The number of aliphatic carboxylic acids is 1. The van der Waals surface area contributed by atoms with Gasteiger partial charge in [-0.1, -0.05) is 30.3 Å². The molecule has 1 unspecified atom stereocenters. The lowest BCUT2D eigenvalue weighted by Gasteiger charge is -2.22. The molecule has 1 aromatic carbocycles. The second-order valence-corrected chi connectivity index (χ2v) is 3.33. The van der Waals surface area contributed by atoms with Crippen molar-refractivity contribution in [3.8, 4) is 0 Å². The average Bonchev–Trinajstić information content (AvgIpc) is 2.19. The molecule has 0 aromatic heterocycles. The van der Waals surface area contributed by atoms with E-state index < -0.39 is 11.5 Å². The van der Waals surface area contributed by atoms with Crippen LogP contribution in [0.4, 0.5) is 0 Å². The van der Waals surface area contributed by atoms with Crippen molar-refractivity contribution in [3.05, 3.63) is 35.9 Å². The van der Waals surface area contributed by atoms with E-state index in [1.165, 1.54) is 0 Å². The van der Waals surface area contributed by atoms with Gasteiger partial charge < -0.3 is 16.6 Å². The highest BCUT2D eigenvalue weighted by molar-refractivity contribution is 5.79. The zero-order valence-electron chi connectivity index (χ0n) is 7.81. The lowest BCUT2D eigenvalue weighted by molar-refractivity contribution is -0.142. The van der Waals surface area contributed by atoms with Crippen molar-refractivity contribution < 1.29 is 9.90 Å². The van der Waals surface area contributed by atoms with Crippen LogP contribution in [0.2, 0.25) is 0 Å². The van der Waals surface area contributed by atoms with E-state index in [1.54, 1.807) is 0 Å². The van der Waals surface area contributed by atoms with Crippen LogP contribution in [0.1, 0.15) is 5.56 Å². The van der Waals surface area contributed by atoms with Crippen molar-refractivity contribution in [1.82, 2.24) is 0 Å². The summed E-state index contributed by atoms with van der Waals surface area (Å²) in [6.07, 6.45) is 0.250. The third-order valence-electron chi connectivity index (χ3n) is 2.15. The Morgan fingerprint density at radius 3 is 2.36 bits per heavy atom. The van der Waals surface area contributed by atoms with Gasteiger partial charge in [-0.15, -0.1) is 0 Å². The molecule has 0 fully saturated rings. The van der Waals surface area contributed by atoms with Gasteiger partial charge in [0.25, 0.3) is 0 Å². The molecule has 14 heavy (non-hydrogen) atoms. The lowest BCUT2D eigenvalue weighted by Crippen LogP contribution is -2.55. The van der Waals surface area contributed by atoms with Crippen LogP contribution in [0.15, 0.2) is 30.3 Å². The number of rotatable bonds is 4. The van der Waals surface area contributed by atoms with Crippen LogP contribution in [0.5, 0.6) is 0 Å². The third kappa shape index (κ3) is 2.31. The summed E-state index contributed by atoms with van der Waals surface area (Å²) in [5, 5.41) is 8.89. The Labute approximate surface area is 82.5 Å². The molecule has 0 aliphatic rings. The van der Waals surface area contributed by atoms with Crippen molar-refractivity contribution in [2.24, 2.45) is 11.5 Å². The number of benzene rings is 1. The molecule has 0 saturated heterocycles. The van der Waals surface area contributed by atoms with Gasteiger partial charge in [0.1, 0.15) is 5.54 Å². The molecular weight excluding hydrogens is 180 g/mol. The maximum Gasteiger partial charge on any atom is 0.325 e. The van der Waals surface area contributed by atoms with Crippen molar-refractivity contribution in [2.45, 2.75) is 12.0 Å². The monoisotopic (exact) mass is 194 g/mol. The number of carboxylic acid groups (broad SMARTS) is 1. The fourth-order valence-corrected chi connectivity index (χ4v) is 1.20. The number of carbonyl (C=O) groups is 1. The Hall–Kier alpha value is -1.39. The minimum Gasteiger partial charge on any atom is -0.480 e. The van der Waals surface area contributed by atoms with E-state index in [-0.39, 0.29) is 13.0 Å². The number of hydrogen-bond acceptors (Lipinski definition) is 3. The summed E-state index contributed by atoms with van der Waals surface area (Å²) >= 11 is 0. The number of carboxylic acids is 1. The number of nitrogens with two attached hydrogens (primary N) is 2. The van der Waals surface area contributed by atoms with Gasteiger partial charge in [-0.05, 0) is 5.56 Å². The van der Waals surface area contributed by atoms with Crippen LogP contribution in [0, 0.1) is 0 Å². The largest absolute Gasteiger partial charge is 0.480 e. The van der Waals surface area contributed by atoms with Gasteiger partial charge in [0.05, 0.1) is 0 Å². The number of hydrogen-bond donors (Lipinski definition) is 3. The molecule has 1 aromatic rings. The molecule has 4 nitrogen and oxygen atoms in total. The molecule has 0 saturated carbocycles. The summed E-state index contributed by atoms with van der Waals surface area (Å²) in [6, 6.07) is 9.22. The minimum atomic E-state index is -1.36. The van der Waals surface area contributed by atoms with Gasteiger partial charge in [0.2, 0.25) is 0 Å². The van der Waals surface area contributed by atoms with Crippen LogP contribution < -0.4 is 11.5 Å². The van der Waals surface area contributed by atoms with Gasteiger partial charge in [0.15, 0.2) is 0 Å². The van der Waals surface area contributed by atoms with Gasteiger partial charge >= 0.3 is 5.97 Å². The molecule has 0 radical (unpaired) electrons. The second-order valence-electron chi connectivity index (χ2n) is 3.33. The predicted molar refractivity (Wildman–Crippen MR) is 53.8 cm³/mol. The molecule has 4 heteroatoms. The highest BCUT2D eigenvalue weighted by atomic mass is 16.4. The molecule has 1 atom stereocenters. The van der Waals surface area contributed by atoms with Gasteiger partial charge in [-0.25, -0.2) is 0 Å². The van der Waals surface area contributed by atoms with E-state index in [9.17, 15) is 4.79 Å². The maximum absolute atomic E-state index is 10.9. The quantitative estimate of drug-likeness (QED) is 0.628. The topological polar surface area (TPSA) is 89.3 Å². The fraction of sp³-hybridized carbons (Fsp3) is 0.300. The Morgan fingerprint density at radius 2 is 1.93 bits per heavy atom. The molecule has 0 aliphatic heterocycles. The van der Waals surface area contributed by atoms with Crippen LogP contribution in [-0.4, -0.2) is 23.2 Å². The smallest absolute Gasteiger partial charge is 0.325 e. The molecule has 0 aliphatic carbocycles. The summed E-state index contributed by atoms with van der Waals surface area (Å²) in [5.74, 6) is -1.07. The standard InChI is InChI=1S/C10H14N2O2/c11-7-10(12,9(13)14)6-8-4-2-1-3-5-8/h1-5H,6-7,11-12H2,(H,13,14). The summed E-state index contributed by atoms with van der Waals surface area (Å²) in [7, 11) is 0. The van der Waals surface area contributed by atoms with Crippen LogP contribution in [0.3, 0.4) is 0 Å². The Morgan fingerprint density at radius 1 is 1.36 bits per heavy atom. The molecular formula is C10H14N2O2. The first-order valence-corrected chi connectivity index (χ1v) is 4.35. The van der Waals surface area contributed by atoms with E-state index in [0.29, 0.717) is 0 Å². The SMILES string of the molecule is NCC(N)(Cc1ccccc1)C(=O)O. The van der Waals surface area contributed by atoms with Crippen molar-refractivity contribution in [3.63, 3.8) is 0 Å². The van der Waals surface area contributed by atoms with Gasteiger partial charge in [-0.3, -0.25) is 4.79 Å². The van der Waals surface area contributed by atoms with Crippen molar-refractivity contribution in [2.75, 3.05) is 6.54 Å². The van der Waals surface area contributed by atoms with E-state index in [4.69, 9.17) is 16.6 Å². The first-order chi connectivity index (χ1) is 6.58. The molecule has 0 heterocycles. The zero-order valence-corrected chi connectivity index (χ0v) is 7.81. The average molecular weight is 194 g/mol. The summed E-state index contributed by atoms with van der Waals surface area (Å²) in [4.78, 5) is 10.9. The van der Waals surface area contributed by atoms with E-state index in [2.05, 4.69) is 0 Å². The Kier molecular flexibility index (Phi) is 3.22. The van der Waals surface area contributed by atoms with E-state index >= 15 is 0 Å². The zero-order chi connectivity index (χ0) is 10.6. The highest BCUT2D eigenvalue weighted by Crippen LogP contribution is 2.10. The lowest BCUT2D eigenvalue weighted by atomic mass is 9.92. The molecule has 0 bridgehead atoms. The van der Waals surface area contributed by atoms with Crippen molar-refractivity contribution in [1.29, 1.82) is 0 Å². The molecule has 0 amide bonds. The van der Waals surface area contributed by atoms with Crippen LogP contribution >= 0.6 is 0 Å². The van der Waals surface area contributed by atoms with Gasteiger partial charge in [0, 0.05) is 13.0 Å².